The summed E-state index contributed by atoms with van der Waals surface area (Å²) in [5.41, 5.74) is 0. The van der Waals surface area contributed by atoms with Gasteiger partial charge in [-0.15, -0.1) is 0 Å². The van der Waals surface area contributed by atoms with E-state index in [1.54, 1.807) is 0 Å². The Morgan fingerprint density at radius 2 is 2.20 bits per heavy atom. The van der Waals surface area contributed by atoms with Crippen molar-refractivity contribution in [3.05, 3.63) is 5.92 Å². The second-order valence-electron chi connectivity index (χ2n) is 3.67. The van der Waals surface area contributed by atoms with Crippen LogP contribution in [0.25, 0.3) is 0 Å². The van der Waals surface area contributed by atoms with E-state index in [1.165, 1.54) is 31.8 Å². The van der Waals surface area contributed by atoms with E-state index in [0.717, 1.165) is 6.04 Å². The first-order chi connectivity index (χ1) is 4.70. The molecule has 0 N–H and O–H groups in total. The minimum atomic E-state index is 0.829. The lowest BCUT2D eigenvalue weighted by Gasteiger charge is -2.22. The molecule has 1 nitrogen and oxygen atoms in total. The minimum absolute atomic E-state index is 0.829. The van der Waals surface area contributed by atoms with Crippen LogP contribution in [0.5, 0.6) is 0 Å². The maximum atomic E-state index is 2.56. The van der Waals surface area contributed by atoms with Gasteiger partial charge in [-0.1, -0.05) is 13.8 Å². The molecule has 0 aromatic rings. The van der Waals surface area contributed by atoms with E-state index in [0.29, 0.717) is 0 Å². The van der Waals surface area contributed by atoms with E-state index in [4.69, 9.17) is 0 Å². The minimum Gasteiger partial charge on any atom is -0.300 e. The van der Waals surface area contributed by atoms with Gasteiger partial charge in [0, 0.05) is 12.6 Å². The summed E-state index contributed by atoms with van der Waals surface area (Å²) in [7, 11) is 0. The third-order valence-corrected chi connectivity index (χ3v) is 2.21. The molecule has 0 aliphatic carbocycles. The molecule has 1 saturated heterocycles. The second-order valence-corrected chi connectivity index (χ2v) is 3.67. The highest BCUT2D eigenvalue weighted by Crippen LogP contribution is 2.17. The van der Waals surface area contributed by atoms with E-state index in [9.17, 15) is 0 Å². The molecule has 0 amide bonds. The van der Waals surface area contributed by atoms with Crippen molar-refractivity contribution in [3.63, 3.8) is 0 Å². The molecular formula is C9H18N. The summed E-state index contributed by atoms with van der Waals surface area (Å²) in [4.78, 5) is 2.56. The number of rotatable bonds is 2. The largest absolute Gasteiger partial charge is 0.300 e. The summed E-state index contributed by atoms with van der Waals surface area (Å²) in [5, 5.41) is 0. The van der Waals surface area contributed by atoms with Gasteiger partial charge < -0.3 is 4.90 Å². The van der Waals surface area contributed by atoms with Gasteiger partial charge in [-0.3, -0.25) is 0 Å². The first-order valence-corrected chi connectivity index (χ1v) is 4.23. The van der Waals surface area contributed by atoms with Gasteiger partial charge in [-0.25, -0.2) is 0 Å². The Balaban J connectivity index is 2.26. The van der Waals surface area contributed by atoms with Crippen LogP contribution < -0.4 is 0 Å². The fourth-order valence-corrected chi connectivity index (χ4v) is 1.63. The Kier molecular flexibility index (Phi) is 2.72. The van der Waals surface area contributed by atoms with Gasteiger partial charge in [-0.05, 0) is 32.2 Å². The van der Waals surface area contributed by atoms with Gasteiger partial charge >= 0.3 is 0 Å². The van der Waals surface area contributed by atoms with Crippen LogP contribution in [0.3, 0.4) is 0 Å². The zero-order valence-corrected chi connectivity index (χ0v) is 7.35. The highest BCUT2D eigenvalue weighted by molar-refractivity contribution is 4.86. The molecule has 10 heavy (non-hydrogen) atoms. The fraction of sp³-hybridized carbons (Fsp3) is 0.889. The van der Waals surface area contributed by atoms with Crippen molar-refractivity contribution >= 4 is 0 Å². The van der Waals surface area contributed by atoms with E-state index in [-0.39, 0.29) is 0 Å². The zero-order valence-electron chi connectivity index (χ0n) is 7.35. The average molecular weight is 140 g/mol. The molecule has 1 heterocycles. The molecule has 1 atom stereocenters. The standard InChI is InChI=1S/C9H18N/c1-8(2)7-10-6-4-5-9(10)3/h9H,4-7H2,1-3H3. The van der Waals surface area contributed by atoms with Crippen molar-refractivity contribution in [2.24, 2.45) is 0 Å². The Labute approximate surface area is 64.4 Å². The topological polar surface area (TPSA) is 3.24 Å². The quantitative estimate of drug-likeness (QED) is 0.567. The van der Waals surface area contributed by atoms with Gasteiger partial charge in [-0.2, -0.15) is 0 Å². The lowest BCUT2D eigenvalue weighted by atomic mass is 10.2. The normalized spacial score (nSPS) is 28.2. The van der Waals surface area contributed by atoms with Crippen LogP contribution >= 0.6 is 0 Å². The van der Waals surface area contributed by atoms with Crippen LogP contribution in [0.15, 0.2) is 0 Å². The number of hydrogen-bond donors (Lipinski definition) is 0. The number of nitrogens with zero attached hydrogens (tertiary/aromatic N) is 1. The summed E-state index contributed by atoms with van der Waals surface area (Å²) in [5.74, 6) is 1.54. The molecule has 59 valence electrons. The Morgan fingerprint density at radius 3 is 2.60 bits per heavy atom. The number of likely N-dealkylation sites (tertiary alicyclic amines) is 1. The molecule has 1 aliphatic rings. The van der Waals surface area contributed by atoms with Crippen molar-refractivity contribution in [2.75, 3.05) is 13.1 Å². The third-order valence-electron chi connectivity index (χ3n) is 2.21. The zero-order chi connectivity index (χ0) is 7.56. The summed E-state index contributed by atoms with van der Waals surface area (Å²) in [6.07, 6.45) is 2.79. The van der Waals surface area contributed by atoms with E-state index < -0.39 is 0 Å². The molecule has 1 rings (SSSR count). The molecule has 0 bridgehead atoms. The highest BCUT2D eigenvalue weighted by atomic mass is 15.2. The Bertz CT molecular complexity index is 98.9. The summed E-state index contributed by atoms with van der Waals surface area (Å²) in [6, 6.07) is 0.829. The van der Waals surface area contributed by atoms with Crippen molar-refractivity contribution < 1.29 is 0 Å². The summed E-state index contributed by atoms with van der Waals surface area (Å²) >= 11 is 0. The fourth-order valence-electron chi connectivity index (χ4n) is 1.63. The maximum Gasteiger partial charge on any atom is 0.00676 e. The van der Waals surface area contributed by atoms with Crippen molar-refractivity contribution in [3.8, 4) is 0 Å². The molecule has 0 saturated carbocycles. The van der Waals surface area contributed by atoms with Crippen LogP contribution in [0.1, 0.15) is 33.6 Å². The van der Waals surface area contributed by atoms with Crippen LogP contribution in [-0.4, -0.2) is 24.0 Å². The molecule has 0 aromatic carbocycles. The molecule has 0 spiro atoms. The number of hydrogen-bond acceptors (Lipinski definition) is 1. The van der Waals surface area contributed by atoms with Gasteiger partial charge in [0.1, 0.15) is 0 Å². The lowest BCUT2D eigenvalue weighted by Crippen LogP contribution is -2.29. The molecular weight excluding hydrogens is 122 g/mol. The Hall–Kier alpha value is -0.0400. The van der Waals surface area contributed by atoms with Crippen molar-refractivity contribution in [1.82, 2.24) is 4.90 Å². The van der Waals surface area contributed by atoms with Crippen LogP contribution in [0, 0.1) is 5.92 Å². The summed E-state index contributed by atoms with van der Waals surface area (Å²) < 4.78 is 0. The lowest BCUT2D eigenvalue weighted by molar-refractivity contribution is 0.279. The van der Waals surface area contributed by atoms with Crippen LogP contribution in [-0.2, 0) is 0 Å². The monoisotopic (exact) mass is 140 g/mol. The average Bonchev–Trinajstić information content (AvgIpc) is 2.15. The maximum absolute atomic E-state index is 2.56. The molecule has 0 aromatic heterocycles. The predicted octanol–water partition coefficient (Wildman–Crippen LogP) is 2.08. The molecule has 1 radical (unpaired) electrons. The Morgan fingerprint density at radius 1 is 1.50 bits per heavy atom. The second kappa shape index (κ2) is 3.38. The van der Waals surface area contributed by atoms with Gasteiger partial charge in [0.05, 0.1) is 0 Å². The first-order valence-electron chi connectivity index (χ1n) is 4.23. The van der Waals surface area contributed by atoms with Crippen LogP contribution in [0.4, 0.5) is 0 Å². The highest BCUT2D eigenvalue weighted by Gasteiger charge is 2.20. The first kappa shape index (κ1) is 8.06. The third kappa shape index (κ3) is 1.98. The van der Waals surface area contributed by atoms with E-state index in [2.05, 4.69) is 25.7 Å². The van der Waals surface area contributed by atoms with Crippen molar-refractivity contribution in [1.29, 1.82) is 0 Å². The van der Waals surface area contributed by atoms with Crippen LogP contribution in [0.2, 0.25) is 0 Å². The smallest absolute Gasteiger partial charge is 0.00676 e. The SMILES string of the molecule is C[C](C)CN1CCCC1C. The summed E-state index contributed by atoms with van der Waals surface area (Å²) in [6.45, 7) is 9.28. The van der Waals surface area contributed by atoms with Gasteiger partial charge in [0.2, 0.25) is 0 Å². The molecule has 1 fully saturated rings. The predicted molar refractivity (Wildman–Crippen MR) is 44.9 cm³/mol. The molecule has 1 aliphatic heterocycles. The van der Waals surface area contributed by atoms with Crippen molar-refractivity contribution in [2.45, 2.75) is 39.7 Å². The molecule has 1 unspecified atom stereocenters. The van der Waals surface area contributed by atoms with Gasteiger partial charge in [0.15, 0.2) is 0 Å². The van der Waals surface area contributed by atoms with E-state index in [1.807, 2.05) is 0 Å². The molecule has 1 heteroatoms. The van der Waals surface area contributed by atoms with E-state index >= 15 is 0 Å². The van der Waals surface area contributed by atoms with Gasteiger partial charge in [0.25, 0.3) is 0 Å².